The molecule has 0 N–H and O–H groups in total. The first-order chi connectivity index (χ1) is 37.6. The molecule has 0 unspecified atom stereocenters. The van der Waals surface area contributed by atoms with E-state index in [1.165, 1.54) is 13.8 Å². The molecule has 2 aliphatic heterocycles. The lowest BCUT2D eigenvalue weighted by molar-refractivity contribution is -0.352. The van der Waals surface area contributed by atoms with Gasteiger partial charge in [0.15, 0.2) is 20.7 Å². The van der Waals surface area contributed by atoms with Gasteiger partial charge in [0, 0.05) is 18.2 Å². The molecule has 0 aromatic heterocycles. The normalized spacial score (nSPS) is 23.6. The molecule has 0 amide bonds. The van der Waals surface area contributed by atoms with E-state index >= 15 is 0 Å². The fraction of sp³-hybridized carbons (Fsp3) is 0.476. The van der Waals surface area contributed by atoms with Crippen molar-refractivity contribution in [2.75, 3.05) is 13.2 Å². The number of aryl methyl sites for hydroxylation is 1. The molecular weight excluding hydrogens is 1020 g/mol. The molecule has 15 heteroatoms. The summed E-state index contributed by atoms with van der Waals surface area (Å²) in [7, 11) is -2.57. The Morgan fingerprint density at radius 3 is 1.40 bits per heavy atom. The minimum Gasteiger partial charge on any atom is -0.463 e. The van der Waals surface area contributed by atoms with Crippen LogP contribution in [0.2, 0.25) is 16.6 Å². The number of hydrogen-bond acceptors (Lipinski definition) is 14. The van der Waals surface area contributed by atoms with Crippen molar-refractivity contribution in [2.24, 2.45) is 0 Å². The topological polar surface area (TPSA) is 144 Å². The maximum absolute atomic E-state index is 13.6. The van der Waals surface area contributed by atoms with Crippen LogP contribution in [0.25, 0.3) is 0 Å². The summed E-state index contributed by atoms with van der Waals surface area (Å²) < 4.78 is 69.6. The molecule has 5 aromatic carbocycles. The second-order valence-corrected chi connectivity index (χ2v) is 27.9. The smallest absolute Gasteiger partial charge is 0.306 e. The zero-order valence-corrected chi connectivity index (χ0v) is 48.6. The van der Waals surface area contributed by atoms with E-state index in [4.69, 9.17) is 47.1 Å². The van der Waals surface area contributed by atoms with Crippen molar-refractivity contribution in [3.63, 3.8) is 0 Å². The Bertz CT molecular complexity index is 2550. The minimum absolute atomic E-state index is 0.0160. The highest BCUT2D eigenvalue weighted by atomic mass is 32.2. The number of esters is 2. The van der Waals surface area contributed by atoms with Gasteiger partial charge in [0.05, 0.1) is 39.5 Å². The summed E-state index contributed by atoms with van der Waals surface area (Å²) in [5.41, 5.74) is 4.82. The maximum atomic E-state index is 13.6. The lowest BCUT2D eigenvalue weighted by Gasteiger charge is -2.51. The van der Waals surface area contributed by atoms with Crippen molar-refractivity contribution >= 4 is 37.8 Å². The predicted molar refractivity (Wildman–Crippen MR) is 303 cm³/mol. The standard InChI is InChI=1S/C63H80O13SSi/c1-42(2)78(43(3)4,44(5)6)72-41-54-57(59(70-38-50-26-18-12-19-27-50)61(71-39-51-28-20-13-21-29-51)63(75-54)77-52-33-30-45(7)31-34-52)76-62-60(73-47(9)65)58(69-37-49-24-16-11-17-25-49)56(68-36-48-22-14-10-15-23-48)53(74-62)40-67-55(66)35-32-46(8)64/h10-31,33-34,42-44,53-54,56-63H,32,35-41H2,1-9H3/t53-,54-,56-,57-,58+,59+,60+,61+,62-,63-/m1/s1. The van der Waals surface area contributed by atoms with Crippen LogP contribution in [-0.2, 0) is 87.9 Å². The van der Waals surface area contributed by atoms with Crippen molar-refractivity contribution in [3.05, 3.63) is 173 Å². The van der Waals surface area contributed by atoms with Crippen LogP contribution in [0, 0.1) is 6.92 Å². The van der Waals surface area contributed by atoms with E-state index in [1.807, 2.05) is 121 Å². The van der Waals surface area contributed by atoms with Gasteiger partial charge in [0.25, 0.3) is 0 Å². The number of ether oxygens (including phenoxy) is 9. The highest BCUT2D eigenvalue weighted by Crippen LogP contribution is 2.45. The number of hydrogen-bond donors (Lipinski definition) is 0. The third-order valence-corrected chi connectivity index (χ3v) is 21.7. The summed E-state index contributed by atoms with van der Waals surface area (Å²) in [6.45, 7) is 18.7. The van der Waals surface area contributed by atoms with Crippen LogP contribution in [0.1, 0.15) is 96.0 Å². The number of thioether (sulfide) groups is 1. The van der Waals surface area contributed by atoms with Crippen LogP contribution in [0.15, 0.2) is 150 Å². The molecule has 0 radical (unpaired) electrons. The number of carbonyl (C=O) groups excluding carboxylic acids is 3. The molecular formula is C63H80O13SSi. The maximum Gasteiger partial charge on any atom is 0.306 e. The molecule has 5 aromatic rings. The number of benzene rings is 5. The Morgan fingerprint density at radius 2 is 0.949 bits per heavy atom. The number of rotatable bonds is 28. The van der Waals surface area contributed by atoms with Crippen LogP contribution in [-0.4, -0.2) is 99.8 Å². The Labute approximate surface area is 467 Å². The molecule has 78 heavy (non-hydrogen) atoms. The van der Waals surface area contributed by atoms with Gasteiger partial charge in [-0.15, -0.1) is 0 Å². The highest BCUT2D eigenvalue weighted by molar-refractivity contribution is 7.99. The van der Waals surface area contributed by atoms with Crippen molar-refractivity contribution < 1.29 is 61.4 Å². The summed E-state index contributed by atoms with van der Waals surface area (Å²) in [5.74, 6) is -1.35. The Kier molecular flexibility index (Phi) is 23.3. The van der Waals surface area contributed by atoms with Gasteiger partial charge in [0.2, 0.25) is 0 Å². The molecule has 0 spiro atoms. The van der Waals surface area contributed by atoms with Crippen molar-refractivity contribution in [2.45, 2.75) is 184 Å². The van der Waals surface area contributed by atoms with Crippen LogP contribution >= 0.6 is 11.8 Å². The second kappa shape index (κ2) is 30.0. The van der Waals surface area contributed by atoms with Crippen LogP contribution in [0.5, 0.6) is 0 Å². The van der Waals surface area contributed by atoms with E-state index in [2.05, 4.69) is 72.7 Å². The van der Waals surface area contributed by atoms with Gasteiger partial charge < -0.3 is 51.9 Å². The zero-order valence-electron chi connectivity index (χ0n) is 46.7. The molecule has 7 rings (SSSR count). The molecule has 0 aliphatic carbocycles. The third-order valence-electron chi connectivity index (χ3n) is 14.5. The van der Waals surface area contributed by atoms with Crippen molar-refractivity contribution in [3.8, 4) is 0 Å². The Hall–Kier alpha value is -5.04. The fourth-order valence-corrected chi connectivity index (χ4v) is 17.3. The summed E-state index contributed by atoms with van der Waals surface area (Å²) >= 11 is 1.55. The monoisotopic (exact) mass is 1100 g/mol. The number of carbonyl (C=O) groups is 3. The van der Waals surface area contributed by atoms with Gasteiger partial charge in [0.1, 0.15) is 60.6 Å². The van der Waals surface area contributed by atoms with Crippen LogP contribution < -0.4 is 0 Å². The van der Waals surface area contributed by atoms with Gasteiger partial charge in [-0.05, 0) is 64.9 Å². The highest BCUT2D eigenvalue weighted by Gasteiger charge is 2.56. The van der Waals surface area contributed by atoms with E-state index < -0.39 is 80.8 Å². The molecule has 420 valence electrons. The van der Waals surface area contributed by atoms with Crippen LogP contribution in [0.4, 0.5) is 0 Å². The van der Waals surface area contributed by atoms with Gasteiger partial charge in [-0.1, -0.05) is 192 Å². The predicted octanol–water partition coefficient (Wildman–Crippen LogP) is 12.3. The average Bonchev–Trinajstić information content (AvgIpc) is 3.48. The van der Waals surface area contributed by atoms with E-state index in [-0.39, 0.29) is 74.9 Å². The molecule has 10 atom stereocenters. The number of Topliss-reactive ketones (excluding diaryl/α,β-unsaturated/α-hetero) is 1. The largest absolute Gasteiger partial charge is 0.463 e. The first-order valence-electron chi connectivity index (χ1n) is 27.4. The van der Waals surface area contributed by atoms with E-state index in [0.29, 0.717) is 0 Å². The van der Waals surface area contributed by atoms with Gasteiger partial charge in [-0.2, -0.15) is 0 Å². The summed E-state index contributed by atoms with van der Waals surface area (Å²) in [4.78, 5) is 39.9. The SMILES string of the molecule is CC(=O)CCC(=O)OC[C@H]1O[C@H](O[C@H]2[C@H](OCc3ccccc3)[C@H](OCc3ccccc3)[C@@H](Sc3ccc(C)cc3)O[C@@H]2CO[Si](C(C)C)(C(C)C)C(C)C)[C@@H](OC(C)=O)[C@@H](OCc2ccccc2)[C@@H]1OCc1ccccc1. The second-order valence-electron chi connectivity index (χ2n) is 21.3. The molecule has 0 bridgehead atoms. The zero-order chi connectivity index (χ0) is 55.6. The minimum atomic E-state index is -2.57. The van der Waals surface area contributed by atoms with E-state index in [9.17, 15) is 14.4 Å². The Balaban J connectivity index is 1.37. The van der Waals surface area contributed by atoms with Gasteiger partial charge >= 0.3 is 11.9 Å². The fourth-order valence-electron chi connectivity index (χ4n) is 10.7. The van der Waals surface area contributed by atoms with Gasteiger partial charge in [-0.3, -0.25) is 9.59 Å². The first kappa shape index (κ1) is 60.6. The summed E-state index contributed by atoms with van der Waals surface area (Å²) in [6, 6.07) is 47.5. The average molecular weight is 1110 g/mol. The lowest BCUT2D eigenvalue weighted by Crippen LogP contribution is -2.66. The lowest BCUT2D eigenvalue weighted by atomic mass is 9.96. The number of ketones is 1. The molecule has 2 aliphatic rings. The van der Waals surface area contributed by atoms with E-state index in [0.717, 1.165) is 32.7 Å². The molecule has 13 nitrogen and oxygen atoms in total. The Morgan fingerprint density at radius 1 is 0.513 bits per heavy atom. The van der Waals surface area contributed by atoms with Crippen LogP contribution in [0.3, 0.4) is 0 Å². The summed E-state index contributed by atoms with van der Waals surface area (Å²) in [5, 5.41) is 0. The van der Waals surface area contributed by atoms with Crippen molar-refractivity contribution in [1.82, 2.24) is 0 Å². The van der Waals surface area contributed by atoms with Gasteiger partial charge in [-0.25, -0.2) is 0 Å². The quantitative estimate of drug-likeness (QED) is 0.0346. The summed E-state index contributed by atoms with van der Waals surface area (Å²) in [6.07, 6.45) is -9.32. The molecule has 2 fully saturated rings. The third kappa shape index (κ3) is 17.0. The van der Waals surface area contributed by atoms with Crippen molar-refractivity contribution in [1.29, 1.82) is 0 Å². The first-order valence-corrected chi connectivity index (χ1v) is 30.4. The molecule has 0 saturated carbocycles. The molecule has 2 heterocycles. The van der Waals surface area contributed by atoms with E-state index in [1.54, 1.807) is 11.8 Å². The molecule has 2 saturated heterocycles.